The Balaban J connectivity index is 2.03. The summed E-state index contributed by atoms with van der Waals surface area (Å²) in [6.07, 6.45) is 1.05. The number of nitrogens with one attached hydrogen (secondary N) is 1. The number of benzene rings is 2. The van der Waals surface area contributed by atoms with Crippen molar-refractivity contribution >= 4 is 5.91 Å². The van der Waals surface area contributed by atoms with E-state index in [2.05, 4.69) is 12.2 Å². The van der Waals surface area contributed by atoms with E-state index < -0.39 is 6.10 Å². The summed E-state index contributed by atoms with van der Waals surface area (Å²) in [6.45, 7) is 5.99. The van der Waals surface area contributed by atoms with Crippen LogP contribution in [0.4, 0.5) is 0 Å². The second-order valence-corrected chi connectivity index (χ2v) is 5.98. The Labute approximate surface area is 150 Å². The van der Waals surface area contributed by atoms with Crippen LogP contribution in [0.3, 0.4) is 0 Å². The van der Waals surface area contributed by atoms with Gasteiger partial charge in [-0.3, -0.25) is 4.79 Å². The van der Waals surface area contributed by atoms with Crippen LogP contribution in [0.1, 0.15) is 44.4 Å². The fourth-order valence-corrected chi connectivity index (χ4v) is 2.70. The molecule has 2 unspecified atom stereocenters. The average molecular weight is 341 g/mol. The molecule has 0 aliphatic heterocycles. The van der Waals surface area contributed by atoms with Crippen LogP contribution >= 0.6 is 0 Å². The topological polar surface area (TPSA) is 47.6 Å². The highest BCUT2D eigenvalue weighted by atomic mass is 16.5. The summed E-state index contributed by atoms with van der Waals surface area (Å²) >= 11 is 0. The van der Waals surface area contributed by atoms with Crippen LogP contribution < -0.4 is 14.8 Å². The Morgan fingerprint density at radius 2 is 1.76 bits per heavy atom. The lowest BCUT2D eigenvalue weighted by Gasteiger charge is -2.22. The van der Waals surface area contributed by atoms with Crippen LogP contribution in [0.15, 0.2) is 48.5 Å². The zero-order valence-electron chi connectivity index (χ0n) is 15.4. The van der Waals surface area contributed by atoms with E-state index in [-0.39, 0.29) is 11.9 Å². The molecule has 0 fully saturated rings. The minimum absolute atomic E-state index is 0.125. The Morgan fingerprint density at radius 1 is 1.08 bits per heavy atom. The van der Waals surface area contributed by atoms with Crippen molar-refractivity contribution in [2.75, 3.05) is 7.11 Å². The molecular weight excluding hydrogens is 314 g/mol. The number of methoxy groups -OCH3 is 1. The molecule has 0 spiro atoms. The molecule has 0 aliphatic carbocycles. The summed E-state index contributed by atoms with van der Waals surface area (Å²) in [5.41, 5.74) is 2.19. The lowest BCUT2D eigenvalue weighted by atomic mass is 10.1. The minimum atomic E-state index is -0.523. The van der Waals surface area contributed by atoms with Crippen LogP contribution in [0, 0.1) is 0 Å². The second kappa shape index (κ2) is 9.11. The molecule has 0 aliphatic rings. The third-order valence-electron chi connectivity index (χ3n) is 4.24. The van der Waals surface area contributed by atoms with Gasteiger partial charge in [-0.2, -0.15) is 0 Å². The predicted octanol–water partition coefficient (Wildman–Crippen LogP) is 4.29. The summed E-state index contributed by atoms with van der Waals surface area (Å²) < 4.78 is 11.2. The number of carbonyl (C=O) groups is 1. The largest absolute Gasteiger partial charge is 0.496 e. The molecule has 4 heteroatoms. The summed E-state index contributed by atoms with van der Waals surface area (Å²) in [5, 5.41) is 3.02. The molecule has 25 heavy (non-hydrogen) atoms. The highest BCUT2D eigenvalue weighted by Crippen LogP contribution is 2.24. The van der Waals surface area contributed by atoms with Gasteiger partial charge in [0.15, 0.2) is 6.10 Å². The molecule has 0 radical (unpaired) electrons. The van der Waals surface area contributed by atoms with Gasteiger partial charge in [0.05, 0.1) is 13.2 Å². The summed E-state index contributed by atoms with van der Waals surface area (Å²) in [5.74, 6) is 1.35. The van der Waals surface area contributed by atoms with E-state index in [1.54, 1.807) is 7.11 Å². The number of hydrogen-bond donors (Lipinski definition) is 1. The van der Waals surface area contributed by atoms with Crippen molar-refractivity contribution < 1.29 is 14.3 Å². The summed E-state index contributed by atoms with van der Waals surface area (Å²) in [6, 6.07) is 15.4. The van der Waals surface area contributed by atoms with E-state index in [9.17, 15) is 4.79 Å². The van der Waals surface area contributed by atoms with Gasteiger partial charge in [-0.25, -0.2) is 0 Å². The maximum Gasteiger partial charge on any atom is 0.261 e. The Morgan fingerprint density at radius 3 is 2.36 bits per heavy atom. The lowest BCUT2D eigenvalue weighted by molar-refractivity contribution is -0.128. The molecule has 1 N–H and O–H groups in total. The molecule has 0 bridgehead atoms. The fourth-order valence-electron chi connectivity index (χ4n) is 2.70. The molecule has 1 amide bonds. The molecule has 0 aromatic heterocycles. The molecule has 0 heterocycles. The first-order valence-corrected chi connectivity index (χ1v) is 8.77. The molecule has 2 rings (SSSR count). The zero-order valence-corrected chi connectivity index (χ0v) is 15.4. The van der Waals surface area contributed by atoms with Gasteiger partial charge in [0, 0.05) is 5.56 Å². The van der Waals surface area contributed by atoms with Gasteiger partial charge >= 0.3 is 0 Å². The van der Waals surface area contributed by atoms with Crippen LogP contribution in [0.5, 0.6) is 11.5 Å². The van der Waals surface area contributed by atoms with Crippen molar-refractivity contribution in [1.29, 1.82) is 0 Å². The standard InChI is InChI=1S/C21H27NO3/c1-5-16-11-13-17(14-12-16)25-19(6-2)21(23)22-15(3)18-9-7-8-10-20(18)24-4/h7-15,19H,5-6H2,1-4H3,(H,22,23). The van der Waals surface area contributed by atoms with E-state index in [4.69, 9.17) is 9.47 Å². The van der Waals surface area contributed by atoms with Gasteiger partial charge in [-0.1, -0.05) is 44.2 Å². The van der Waals surface area contributed by atoms with Crippen molar-refractivity contribution in [2.45, 2.75) is 45.8 Å². The van der Waals surface area contributed by atoms with Crippen molar-refractivity contribution in [3.05, 3.63) is 59.7 Å². The van der Waals surface area contributed by atoms with E-state index in [0.717, 1.165) is 17.7 Å². The maximum atomic E-state index is 12.6. The number of rotatable bonds is 8. The SMILES string of the molecule is CCc1ccc(OC(CC)C(=O)NC(C)c2ccccc2OC)cc1. The van der Waals surface area contributed by atoms with E-state index in [1.807, 2.05) is 62.4 Å². The number of aryl methyl sites for hydroxylation is 1. The minimum Gasteiger partial charge on any atom is -0.496 e. The fraction of sp³-hybridized carbons (Fsp3) is 0.381. The third kappa shape index (κ3) is 4.99. The van der Waals surface area contributed by atoms with Crippen molar-refractivity contribution in [2.24, 2.45) is 0 Å². The number of amides is 1. The van der Waals surface area contributed by atoms with Gasteiger partial charge < -0.3 is 14.8 Å². The number of ether oxygens (including phenoxy) is 2. The van der Waals surface area contributed by atoms with Crippen molar-refractivity contribution in [1.82, 2.24) is 5.32 Å². The first-order chi connectivity index (χ1) is 12.1. The molecule has 134 valence electrons. The van der Waals surface area contributed by atoms with Crippen molar-refractivity contribution in [3.8, 4) is 11.5 Å². The predicted molar refractivity (Wildman–Crippen MR) is 100 cm³/mol. The third-order valence-corrected chi connectivity index (χ3v) is 4.24. The monoisotopic (exact) mass is 341 g/mol. The number of para-hydroxylation sites is 1. The molecule has 0 saturated heterocycles. The molecular formula is C21H27NO3. The van der Waals surface area contributed by atoms with E-state index in [1.165, 1.54) is 5.56 Å². The normalized spacial score (nSPS) is 13.0. The molecule has 2 aromatic rings. The Hall–Kier alpha value is -2.49. The van der Waals surface area contributed by atoms with Crippen LogP contribution in [-0.2, 0) is 11.2 Å². The van der Waals surface area contributed by atoms with Gasteiger partial charge in [0.2, 0.25) is 0 Å². The first kappa shape index (κ1) is 18.8. The Kier molecular flexibility index (Phi) is 6.87. The highest BCUT2D eigenvalue weighted by Gasteiger charge is 2.21. The van der Waals surface area contributed by atoms with Crippen LogP contribution in [0.2, 0.25) is 0 Å². The summed E-state index contributed by atoms with van der Waals surface area (Å²) in [7, 11) is 1.63. The Bertz CT molecular complexity index is 682. The zero-order chi connectivity index (χ0) is 18.2. The van der Waals surface area contributed by atoms with Gasteiger partial charge in [0.25, 0.3) is 5.91 Å². The molecule has 0 saturated carbocycles. The summed E-state index contributed by atoms with van der Waals surface area (Å²) in [4.78, 5) is 12.6. The maximum absolute atomic E-state index is 12.6. The first-order valence-electron chi connectivity index (χ1n) is 8.77. The second-order valence-electron chi connectivity index (χ2n) is 5.98. The highest BCUT2D eigenvalue weighted by molar-refractivity contribution is 5.81. The lowest BCUT2D eigenvalue weighted by Crippen LogP contribution is -2.39. The number of carbonyl (C=O) groups excluding carboxylic acids is 1. The molecule has 2 aromatic carbocycles. The quantitative estimate of drug-likeness (QED) is 0.779. The number of hydrogen-bond acceptors (Lipinski definition) is 3. The van der Waals surface area contributed by atoms with Gasteiger partial charge in [-0.05, 0) is 43.5 Å². The van der Waals surface area contributed by atoms with Gasteiger partial charge in [0.1, 0.15) is 11.5 Å². The van der Waals surface area contributed by atoms with E-state index in [0.29, 0.717) is 12.2 Å². The average Bonchev–Trinajstić information content (AvgIpc) is 2.66. The van der Waals surface area contributed by atoms with Crippen molar-refractivity contribution in [3.63, 3.8) is 0 Å². The van der Waals surface area contributed by atoms with Gasteiger partial charge in [-0.15, -0.1) is 0 Å². The van der Waals surface area contributed by atoms with Crippen LogP contribution in [-0.4, -0.2) is 19.1 Å². The molecule has 4 nitrogen and oxygen atoms in total. The molecule has 2 atom stereocenters. The van der Waals surface area contributed by atoms with E-state index >= 15 is 0 Å². The smallest absolute Gasteiger partial charge is 0.261 e. The van der Waals surface area contributed by atoms with Crippen LogP contribution in [0.25, 0.3) is 0 Å².